The Balaban J connectivity index is 2.30. The summed E-state index contributed by atoms with van der Waals surface area (Å²) in [5.74, 6) is 0.638. The van der Waals surface area contributed by atoms with E-state index in [1.54, 1.807) is 0 Å². The fourth-order valence-electron chi connectivity index (χ4n) is 2.31. The zero-order chi connectivity index (χ0) is 10.2. The summed E-state index contributed by atoms with van der Waals surface area (Å²) in [6, 6.07) is 8.02. The minimum absolute atomic E-state index is 0.580. The molecule has 1 aromatic carbocycles. The van der Waals surface area contributed by atoms with Gasteiger partial charge in [-0.25, -0.2) is 0 Å². The van der Waals surface area contributed by atoms with E-state index in [4.69, 9.17) is 0 Å². The second-order valence-electron chi connectivity index (χ2n) is 4.39. The molecule has 2 atom stereocenters. The zero-order valence-electron chi connectivity index (χ0n) is 8.33. The van der Waals surface area contributed by atoms with Crippen LogP contribution in [0.15, 0.2) is 28.7 Å². The summed E-state index contributed by atoms with van der Waals surface area (Å²) in [5.41, 5.74) is 0.472. The largest absolute Gasteiger partial charge is 0.385 e. The SMILES string of the molecule is CC1CCC(O)(c2cccc(Br)c2)C1. The number of rotatable bonds is 1. The van der Waals surface area contributed by atoms with E-state index in [0.29, 0.717) is 5.92 Å². The summed E-state index contributed by atoms with van der Waals surface area (Å²) in [5, 5.41) is 10.4. The third-order valence-corrected chi connectivity index (χ3v) is 3.59. The van der Waals surface area contributed by atoms with E-state index in [9.17, 15) is 5.11 Å². The van der Waals surface area contributed by atoms with Crippen molar-refractivity contribution < 1.29 is 5.11 Å². The maximum atomic E-state index is 10.4. The molecular weight excluding hydrogens is 240 g/mol. The molecule has 1 aliphatic carbocycles. The first-order valence-corrected chi connectivity index (χ1v) is 5.88. The van der Waals surface area contributed by atoms with Gasteiger partial charge in [-0.3, -0.25) is 0 Å². The summed E-state index contributed by atoms with van der Waals surface area (Å²) >= 11 is 3.44. The van der Waals surface area contributed by atoms with Crippen LogP contribution in [0.3, 0.4) is 0 Å². The van der Waals surface area contributed by atoms with Crippen molar-refractivity contribution in [3.05, 3.63) is 34.3 Å². The molecule has 1 fully saturated rings. The van der Waals surface area contributed by atoms with Crippen molar-refractivity contribution in [2.75, 3.05) is 0 Å². The number of benzene rings is 1. The lowest BCUT2D eigenvalue weighted by molar-refractivity contribution is 0.0407. The summed E-state index contributed by atoms with van der Waals surface area (Å²) in [7, 11) is 0. The van der Waals surface area contributed by atoms with Crippen LogP contribution in [-0.2, 0) is 5.60 Å². The number of hydrogen-bond donors (Lipinski definition) is 1. The van der Waals surface area contributed by atoms with Crippen LogP contribution in [0.2, 0.25) is 0 Å². The predicted octanol–water partition coefficient (Wildman–Crippen LogP) is 3.46. The van der Waals surface area contributed by atoms with Crippen molar-refractivity contribution >= 4 is 15.9 Å². The Bertz CT molecular complexity index is 337. The van der Waals surface area contributed by atoms with Gasteiger partial charge >= 0.3 is 0 Å². The van der Waals surface area contributed by atoms with E-state index >= 15 is 0 Å². The molecule has 0 bridgehead atoms. The van der Waals surface area contributed by atoms with Gasteiger partial charge in [0, 0.05) is 4.47 Å². The topological polar surface area (TPSA) is 20.2 Å². The fraction of sp³-hybridized carbons (Fsp3) is 0.500. The molecule has 1 aliphatic rings. The summed E-state index contributed by atoms with van der Waals surface area (Å²) in [6.07, 6.45) is 2.91. The van der Waals surface area contributed by atoms with Gasteiger partial charge in [0.2, 0.25) is 0 Å². The molecule has 2 heteroatoms. The minimum Gasteiger partial charge on any atom is -0.385 e. The van der Waals surface area contributed by atoms with Gasteiger partial charge < -0.3 is 5.11 Å². The normalized spacial score (nSPS) is 32.1. The van der Waals surface area contributed by atoms with Gasteiger partial charge in [-0.2, -0.15) is 0 Å². The molecule has 2 rings (SSSR count). The van der Waals surface area contributed by atoms with Crippen molar-refractivity contribution in [2.45, 2.75) is 31.8 Å². The van der Waals surface area contributed by atoms with Crippen LogP contribution in [0.1, 0.15) is 31.7 Å². The second-order valence-corrected chi connectivity index (χ2v) is 5.31. The Kier molecular flexibility index (Phi) is 2.67. The fourth-order valence-corrected chi connectivity index (χ4v) is 2.71. The number of aliphatic hydroxyl groups is 1. The molecule has 0 aliphatic heterocycles. The summed E-state index contributed by atoms with van der Waals surface area (Å²) < 4.78 is 1.04. The monoisotopic (exact) mass is 254 g/mol. The molecule has 0 amide bonds. The van der Waals surface area contributed by atoms with Gasteiger partial charge in [-0.1, -0.05) is 35.0 Å². The van der Waals surface area contributed by atoms with E-state index < -0.39 is 5.60 Å². The van der Waals surface area contributed by atoms with Crippen molar-refractivity contribution in [1.82, 2.24) is 0 Å². The van der Waals surface area contributed by atoms with E-state index in [1.165, 1.54) is 0 Å². The Morgan fingerprint density at radius 1 is 1.50 bits per heavy atom. The van der Waals surface area contributed by atoms with Gasteiger partial charge in [-0.05, 0) is 42.9 Å². The first-order chi connectivity index (χ1) is 6.60. The van der Waals surface area contributed by atoms with Crippen LogP contribution in [0.4, 0.5) is 0 Å². The van der Waals surface area contributed by atoms with Crippen LogP contribution in [0, 0.1) is 5.92 Å². The van der Waals surface area contributed by atoms with Gasteiger partial charge in [0.15, 0.2) is 0 Å². The van der Waals surface area contributed by atoms with Gasteiger partial charge in [-0.15, -0.1) is 0 Å². The quantitative estimate of drug-likeness (QED) is 0.814. The van der Waals surface area contributed by atoms with Gasteiger partial charge in [0.25, 0.3) is 0 Å². The van der Waals surface area contributed by atoms with Crippen molar-refractivity contribution in [1.29, 1.82) is 0 Å². The molecular formula is C12H15BrO. The summed E-state index contributed by atoms with van der Waals surface area (Å²) in [4.78, 5) is 0. The first-order valence-electron chi connectivity index (χ1n) is 5.08. The Morgan fingerprint density at radius 3 is 2.86 bits per heavy atom. The average Bonchev–Trinajstić information content (AvgIpc) is 2.48. The highest BCUT2D eigenvalue weighted by atomic mass is 79.9. The highest BCUT2D eigenvalue weighted by Crippen LogP contribution is 2.42. The lowest BCUT2D eigenvalue weighted by Gasteiger charge is -2.23. The second kappa shape index (κ2) is 3.67. The highest BCUT2D eigenvalue weighted by molar-refractivity contribution is 9.10. The molecule has 1 N–H and O–H groups in total. The molecule has 1 aromatic rings. The smallest absolute Gasteiger partial charge is 0.0899 e. The number of halogens is 1. The van der Waals surface area contributed by atoms with Gasteiger partial charge in [0.1, 0.15) is 0 Å². The Morgan fingerprint density at radius 2 is 2.29 bits per heavy atom. The molecule has 14 heavy (non-hydrogen) atoms. The molecule has 2 unspecified atom stereocenters. The average molecular weight is 255 g/mol. The highest BCUT2D eigenvalue weighted by Gasteiger charge is 2.36. The van der Waals surface area contributed by atoms with E-state index in [1.807, 2.05) is 24.3 Å². The predicted molar refractivity (Wildman–Crippen MR) is 61.1 cm³/mol. The molecule has 1 saturated carbocycles. The minimum atomic E-state index is -0.580. The van der Waals surface area contributed by atoms with Crippen LogP contribution in [-0.4, -0.2) is 5.11 Å². The Labute approximate surface area is 93.3 Å². The molecule has 0 saturated heterocycles. The maximum Gasteiger partial charge on any atom is 0.0899 e. The third kappa shape index (κ3) is 1.86. The van der Waals surface area contributed by atoms with Crippen LogP contribution >= 0.6 is 15.9 Å². The summed E-state index contributed by atoms with van der Waals surface area (Å²) in [6.45, 7) is 2.20. The van der Waals surface area contributed by atoms with E-state index in [2.05, 4.69) is 22.9 Å². The molecule has 0 radical (unpaired) electrons. The van der Waals surface area contributed by atoms with Crippen molar-refractivity contribution in [2.24, 2.45) is 5.92 Å². The van der Waals surface area contributed by atoms with Crippen LogP contribution in [0.25, 0.3) is 0 Å². The molecule has 0 aromatic heterocycles. The lowest BCUT2D eigenvalue weighted by atomic mass is 9.91. The van der Waals surface area contributed by atoms with Crippen molar-refractivity contribution in [3.63, 3.8) is 0 Å². The van der Waals surface area contributed by atoms with E-state index in [0.717, 1.165) is 29.3 Å². The molecule has 76 valence electrons. The van der Waals surface area contributed by atoms with Crippen LogP contribution in [0.5, 0.6) is 0 Å². The van der Waals surface area contributed by atoms with E-state index in [-0.39, 0.29) is 0 Å². The van der Waals surface area contributed by atoms with Crippen molar-refractivity contribution in [3.8, 4) is 0 Å². The zero-order valence-corrected chi connectivity index (χ0v) is 9.92. The Hall–Kier alpha value is -0.340. The lowest BCUT2D eigenvalue weighted by Crippen LogP contribution is -2.21. The molecule has 0 heterocycles. The third-order valence-electron chi connectivity index (χ3n) is 3.10. The van der Waals surface area contributed by atoms with Crippen LogP contribution < -0.4 is 0 Å². The van der Waals surface area contributed by atoms with Gasteiger partial charge in [0.05, 0.1) is 5.60 Å². The number of hydrogen-bond acceptors (Lipinski definition) is 1. The first kappa shape index (κ1) is 10.2. The standard InChI is InChI=1S/C12H15BrO/c1-9-5-6-12(14,8-9)10-3-2-4-11(13)7-10/h2-4,7,9,14H,5-6,8H2,1H3. The molecule has 0 spiro atoms. The molecule has 1 nitrogen and oxygen atoms in total. The maximum absolute atomic E-state index is 10.4.